The molecule has 9 heteroatoms. The van der Waals surface area contributed by atoms with Crippen LogP contribution in [-0.2, 0) is 6.18 Å². The lowest BCUT2D eigenvalue weighted by Gasteiger charge is -2.09. The first-order valence-electron chi connectivity index (χ1n) is 9.92. The first-order chi connectivity index (χ1) is 15.8. The molecule has 0 atom stereocenters. The lowest BCUT2D eigenvalue weighted by molar-refractivity contribution is -0.137. The molecule has 164 valence electrons. The fourth-order valence-electron chi connectivity index (χ4n) is 3.55. The highest BCUT2D eigenvalue weighted by atomic mass is 19.4. The van der Waals surface area contributed by atoms with Crippen LogP contribution in [0.3, 0.4) is 0 Å². The standard InChI is InChI=1S/C24H15F3N4O2/c1-14-6-4-9-17(12-14)31-23(32)19-11-3-2-10-18(19)20(29-31)22-28-21(30-33-22)15-7-5-8-16(13-15)24(25,26)27/h2-13H,1H3. The summed E-state index contributed by atoms with van der Waals surface area (Å²) in [5.74, 6) is -0.0321. The van der Waals surface area contributed by atoms with Crippen LogP contribution in [0.4, 0.5) is 13.2 Å². The van der Waals surface area contributed by atoms with Crippen molar-refractivity contribution in [2.24, 2.45) is 0 Å². The summed E-state index contributed by atoms with van der Waals surface area (Å²) in [6.45, 7) is 1.90. The Morgan fingerprint density at radius 3 is 2.42 bits per heavy atom. The second-order valence-corrected chi connectivity index (χ2v) is 7.45. The third kappa shape index (κ3) is 3.78. The van der Waals surface area contributed by atoms with Crippen LogP contribution in [0.15, 0.2) is 82.1 Å². The van der Waals surface area contributed by atoms with Crippen LogP contribution in [0.25, 0.3) is 39.4 Å². The second-order valence-electron chi connectivity index (χ2n) is 7.45. The molecule has 0 fully saturated rings. The number of aromatic nitrogens is 4. The van der Waals surface area contributed by atoms with Crippen molar-refractivity contribution in [2.45, 2.75) is 13.1 Å². The van der Waals surface area contributed by atoms with Crippen LogP contribution in [0.2, 0.25) is 0 Å². The van der Waals surface area contributed by atoms with Crippen molar-refractivity contribution in [1.29, 1.82) is 0 Å². The first-order valence-corrected chi connectivity index (χ1v) is 9.92. The smallest absolute Gasteiger partial charge is 0.332 e. The Kier molecular flexibility index (Phi) is 4.81. The molecule has 2 heterocycles. The van der Waals surface area contributed by atoms with E-state index in [0.29, 0.717) is 16.5 Å². The molecule has 0 amide bonds. The molecule has 0 aliphatic carbocycles. The largest absolute Gasteiger partial charge is 0.416 e. The normalized spacial score (nSPS) is 11.8. The van der Waals surface area contributed by atoms with Crippen LogP contribution in [0.1, 0.15) is 11.1 Å². The number of hydrogen-bond acceptors (Lipinski definition) is 5. The lowest BCUT2D eigenvalue weighted by Crippen LogP contribution is -2.22. The summed E-state index contributed by atoms with van der Waals surface area (Å²) in [7, 11) is 0. The number of halogens is 3. The average molecular weight is 448 g/mol. The van der Waals surface area contributed by atoms with Crippen molar-refractivity contribution in [1.82, 2.24) is 19.9 Å². The van der Waals surface area contributed by atoms with Gasteiger partial charge in [-0.1, -0.05) is 47.6 Å². The van der Waals surface area contributed by atoms with E-state index in [4.69, 9.17) is 4.52 Å². The maximum absolute atomic E-state index is 13.1. The number of alkyl halides is 3. The van der Waals surface area contributed by atoms with E-state index in [0.717, 1.165) is 17.7 Å². The molecule has 0 aliphatic rings. The minimum Gasteiger partial charge on any atom is -0.332 e. The zero-order valence-corrected chi connectivity index (χ0v) is 17.2. The molecule has 5 rings (SSSR count). The maximum Gasteiger partial charge on any atom is 0.416 e. The van der Waals surface area contributed by atoms with Gasteiger partial charge < -0.3 is 4.52 Å². The topological polar surface area (TPSA) is 73.8 Å². The van der Waals surface area contributed by atoms with Gasteiger partial charge in [-0.25, -0.2) is 0 Å². The maximum atomic E-state index is 13.1. The zero-order valence-electron chi connectivity index (χ0n) is 17.2. The molecule has 3 aromatic carbocycles. The summed E-state index contributed by atoms with van der Waals surface area (Å²) in [5, 5.41) is 9.21. The van der Waals surface area contributed by atoms with Crippen LogP contribution >= 0.6 is 0 Å². The molecular formula is C24H15F3N4O2. The molecule has 0 spiro atoms. The van der Waals surface area contributed by atoms with Crippen LogP contribution in [-0.4, -0.2) is 19.9 Å². The number of rotatable bonds is 3. The van der Waals surface area contributed by atoms with Gasteiger partial charge in [-0.15, -0.1) is 0 Å². The Morgan fingerprint density at radius 1 is 0.909 bits per heavy atom. The van der Waals surface area contributed by atoms with Crippen LogP contribution in [0.5, 0.6) is 0 Å². The first kappa shape index (κ1) is 20.6. The number of aryl methyl sites for hydroxylation is 1. The third-order valence-corrected chi connectivity index (χ3v) is 5.13. The minimum absolute atomic E-state index is 0.0139. The van der Waals surface area contributed by atoms with Gasteiger partial charge in [0.15, 0.2) is 5.69 Å². The van der Waals surface area contributed by atoms with Crippen molar-refractivity contribution < 1.29 is 17.7 Å². The summed E-state index contributed by atoms with van der Waals surface area (Å²) in [6, 6.07) is 18.8. The molecule has 0 radical (unpaired) electrons. The van der Waals surface area contributed by atoms with Crippen molar-refractivity contribution >= 4 is 10.8 Å². The Morgan fingerprint density at radius 2 is 1.67 bits per heavy atom. The fraction of sp³-hybridized carbons (Fsp3) is 0.0833. The third-order valence-electron chi connectivity index (χ3n) is 5.13. The predicted molar refractivity (Wildman–Crippen MR) is 116 cm³/mol. The SMILES string of the molecule is Cc1cccc(-n2nc(-c3nc(-c4cccc(C(F)(F)F)c4)no3)c3ccccc3c2=O)c1. The molecule has 0 N–H and O–H groups in total. The molecule has 2 aromatic heterocycles. The van der Waals surface area contributed by atoms with E-state index < -0.39 is 11.7 Å². The highest BCUT2D eigenvalue weighted by Gasteiger charge is 2.31. The van der Waals surface area contributed by atoms with Gasteiger partial charge in [0.05, 0.1) is 16.6 Å². The predicted octanol–water partition coefficient (Wildman–Crippen LogP) is 5.43. The fourth-order valence-corrected chi connectivity index (χ4v) is 3.55. The second kappa shape index (κ2) is 7.70. The monoisotopic (exact) mass is 448 g/mol. The quantitative estimate of drug-likeness (QED) is 0.368. The highest BCUT2D eigenvalue weighted by molar-refractivity contribution is 5.92. The van der Waals surface area contributed by atoms with E-state index in [2.05, 4.69) is 15.2 Å². The average Bonchev–Trinajstić information content (AvgIpc) is 3.29. The van der Waals surface area contributed by atoms with Gasteiger partial charge in [-0.3, -0.25) is 4.79 Å². The summed E-state index contributed by atoms with van der Waals surface area (Å²) in [6.07, 6.45) is -4.50. The van der Waals surface area contributed by atoms with Gasteiger partial charge in [-0.2, -0.15) is 27.9 Å². The van der Waals surface area contributed by atoms with E-state index in [1.807, 2.05) is 25.1 Å². The number of fused-ring (bicyclic) bond motifs is 1. The summed E-state index contributed by atoms with van der Waals surface area (Å²) in [5.41, 5.74) is 0.763. The van der Waals surface area contributed by atoms with Crippen LogP contribution < -0.4 is 5.56 Å². The Hall–Kier alpha value is -4.27. The van der Waals surface area contributed by atoms with E-state index in [9.17, 15) is 18.0 Å². The Labute approximate surface area is 184 Å². The summed E-state index contributed by atoms with van der Waals surface area (Å²) >= 11 is 0. The number of benzene rings is 3. The van der Waals surface area contributed by atoms with Crippen molar-refractivity contribution in [3.8, 4) is 28.7 Å². The minimum atomic E-state index is -4.50. The highest BCUT2D eigenvalue weighted by Crippen LogP contribution is 2.32. The van der Waals surface area contributed by atoms with Gasteiger partial charge in [-0.05, 0) is 42.8 Å². The van der Waals surface area contributed by atoms with Crippen molar-refractivity contribution in [3.63, 3.8) is 0 Å². The number of nitrogens with zero attached hydrogens (tertiary/aromatic N) is 4. The molecule has 0 unspecified atom stereocenters. The molecule has 33 heavy (non-hydrogen) atoms. The van der Waals surface area contributed by atoms with Gasteiger partial charge in [0.2, 0.25) is 5.82 Å². The van der Waals surface area contributed by atoms with E-state index >= 15 is 0 Å². The molecule has 6 nitrogen and oxygen atoms in total. The van der Waals surface area contributed by atoms with Gasteiger partial charge in [0.1, 0.15) is 0 Å². The van der Waals surface area contributed by atoms with Gasteiger partial charge in [0.25, 0.3) is 11.4 Å². The molecule has 0 bridgehead atoms. The van der Waals surface area contributed by atoms with E-state index in [1.54, 1.807) is 30.3 Å². The van der Waals surface area contributed by atoms with E-state index in [-0.39, 0.29) is 28.5 Å². The Balaban J connectivity index is 1.68. The molecule has 0 saturated heterocycles. The van der Waals surface area contributed by atoms with Crippen molar-refractivity contribution in [3.05, 3.63) is 94.3 Å². The number of hydrogen-bond donors (Lipinski definition) is 0. The van der Waals surface area contributed by atoms with Crippen LogP contribution in [0, 0.1) is 6.92 Å². The van der Waals surface area contributed by atoms with Crippen molar-refractivity contribution in [2.75, 3.05) is 0 Å². The summed E-state index contributed by atoms with van der Waals surface area (Å²) in [4.78, 5) is 17.4. The molecular weight excluding hydrogens is 433 g/mol. The van der Waals surface area contributed by atoms with Gasteiger partial charge >= 0.3 is 6.18 Å². The summed E-state index contributed by atoms with van der Waals surface area (Å²) < 4.78 is 45.9. The molecule has 0 aliphatic heterocycles. The lowest BCUT2D eigenvalue weighted by atomic mass is 10.1. The van der Waals surface area contributed by atoms with E-state index in [1.165, 1.54) is 16.8 Å². The molecule has 0 saturated carbocycles. The zero-order chi connectivity index (χ0) is 23.2. The Bertz CT molecular complexity index is 1550. The molecule has 5 aromatic rings. The van der Waals surface area contributed by atoms with Gasteiger partial charge in [0, 0.05) is 10.9 Å².